The smallest absolute Gasteiger partial charge is 0.336 e. The number of ether oxygens (including phenoxy) is 2. The highest BCUT2D eigenvalue weighted by molar-refractivity contribution is 5.99. The number of carbonyl (C=O) groups is 2. The minimum atomic E-state index is -0.646. The molecule has 0 radical (unpaired) electrons. The molecule has 6 nitrogen and oxygen atoms in total. The highest BCUT2D eigenvalue weighted by Crippen LogP contribution is 2.38. The lowest BCUT2D eigenvalue weighted by atomic mass is 9.83. The number of hydrogen-bond acceptors (Lipinski definition) is 6. The molecule has 4 rings (SSSR count). The van der Waals surface area contributed by atoms with E-state index in [0.717, 1.165) is 22.0 Å². The van der Waals surface area contributed by atoms with E-state index < -0.39 is 17.9 Å². The fourth-order valence-electron chi connectivity index (χ4n) is 3.97. The summed E-state index contributed by atoms with van der Waals surface area (Å²) in [5, 5.41) is 0.924. The average molecular weight is 443 g/mol. The highest BCUT2D eigenvalue weighted by Gasteiger charge is 2.36. The molecule has 0 atom stereocenters. The number of pyridine rings is 1. The molecule has 0 amide bonds. The third kappa shape index (κ3) is 4.95. The fraction of sp³-hybridized carbons (Fsp3) is 0.222. The van der Waals surface area contributed by atoms with Gasteiger partial charge in [-0.1, -0.05) is 48.5 Å². The topological polar surface area (TPSA) is 68.7 Å². The van der Waals surface area contributed by atoms with Crippen LogP contribution >= 0.6 is 0 Å². The van der Waals surface area contributed by atoms with Gasteiger partial charge < -0.3 is 14.4 Å². The zero-order valence-corrected chi connectivity index (χ0v) is 18.7. The molecule has 33 heavy (non-hydrogen) atoms. The molecule has 1 aromatic heterocycles. The Hall–Kier alpha value is -3.93. The van der Waals surface area contributed by atoms with Gasteiger partial charge in [-0.15, -0.1) is 0 Å². The van der Waals surface area contributed by atoms with Gasteiger partial charge in [0.05, 0.1) is 35.8 Å². The summed E-state index contributed by atoms with van der Waals surface area (Å²) >= 11 is 0. The van der Waals surface area contributed by atoms with Crippen molar-refractivity contribution in [2.24, 2.45) is 0 Å². The van der Waals surface area contributed by atoms with Crippen LogP contribution in [0.2, 0.25) is 0 Å². The van der Waals surface area contributed by atoms with Crippen molar-refractivity contribution in [3.63, 3.8) is 0 Å². The van der Waals surface area contributed by atoms with Crippen molar-refractivity contribution in [2.45, 2.75) is 26.3 Å². The first-order valence-corrected chi connectivity index (χ1v) is 11.0. The summed E-state index contributed by atoms with van der Waals surface area (Å²) in [6.07, 6.45) is 5.22. The van der Waals surface area contributed by atoms with E-state index in [9.17, 15) is 9.59 Å². The van der Waals surface area contributed by atoms with Gasteiger partial charge in [0.15, 0.2) is 0 Å². The van der Waals surface area contributed by atoms with Gasteiger partial charge in [0.1, 0.15) is 0 Å². The lowest BCUT2D eigenvalue weighted by Crippen LogP contribution is -2.29. The van der Waals surface area contributed by atoms with Gasteiger partial charge in [-0.25, -0.2) is 9.59 Å². The van der Waals surface area contributed by atoms with Crippen LogP contribution in [0.15, 0.2) is 90.4 Å². The van der Waals surface area contributed by atoms with E-state index in [1.54, 1.807) is 32.4 Å². The van der Waals surface area contributed by atoms with E-state index in [-0.39, 0.29) is 13.2 Å². The Balaban J connectivity index is 1.82. The summed E-state index contributed by atoms with van der Waals surface area (Å²) in [6.45, 7) is 4.48. The van der Waals surface area contributed by atoms with Crippen LogP contribution in [0, 0.1) is 0 Å². The molecule has 0 saturated carbocycles. The Kier molecular flexibility index (Phi) is 6.83. The second-order valence-electron chi connectivity index (χ2n) is 7.66. The van der Waals surface area contributed by atoms with Gasteiger partial charge in [-0.05, 0) is 37.1 Å². The number of fused-ring (bicyclic) bond motifs is 1. The predicted molar refractivity (Wildman–Crippen MR) is 126 cm³/mol. The molecular weight excluding hydrogens is 416 g/mol. The van der Waals surface area contributed by atoms with E-state index in [2.05, 4.69) is 4.98 Å². The second kappa shape index (κ2) is 10.1. The van der Waals surface area contributed by atoms with Crippen LogP contribution in [-0.2, 0) is 25.6 Å². The molecule has 0 bridgehead atoms. The number of aromatic nitrogens is 1. The van der Waals surface area contributed by atoms with Crippen molar-refractivity contribution >= 4 is 22.8 Å². The van der Waals surface area contributed by atoms with Crippen LogP contribution in [0.4, 0.5) is 0 Å². The molecule has 168 valence electrons. The van der Waals surface area contributed by atoms with Gasteiger partial charge in [-0.3, -0.25) is 4.98 Å². The number of rotatable bonds is 7. The Labute approximate surface area is 193 Å². The average Bonchev–Trinajstić information content (AvgIpc) is 2.84. The minimum Gasteiger partial charge on any atom is -0.463 e. The standard InChI is InChI=1S/C27H26N2O4/c1-3-32-26(30)22-17-29(16-19-10-6-5-7-11-19)18-23(27(31)33-4-2)25(22)21-14-20-12-8-9-13-24(20)28-15-21/h5-15,17-18,25H,3-4,16H2,1-2H3. The number of carbonyl (C=O) groups excluding carboxylic acids is 2. The maximum Gasteiger partial charge on any atom is 0.336 e. The Morgan fingerprint density at radius 1 is 0.879 bits per heavy atom. The number of para-hydroxylation sites is 1. The van der Waals surface area contributed by atoms with Crippen molar-refractivity contribution in [2.75, 3.05) is 13.2 Å². The summed E-state index contributed by atoms with van der Waals surface area (Å²) in [5.41, 5.74) is 3.35. The van der Waals surface area contributed by atoms with Gasteiger partial charge in [0.25, 0.3) is 0 Å². The van der Waals surface area contributed by atoms with E-state index in [1.165, 1.54) is 0 Å². The summed E-state index contributed by atoms with van der Waals surface area (Å²) in [4.78, 5) is 32.5. The van der Waals surface area contributed by atoms with E-state index in [4.69, 9.17) is 9.47 Å². The molecule has 0 N–H and O–H groups in total. The van der Waals surface area contributed by atoms with Gasteiger partial charge in [0, 0.05) is 30.5 Å². The van der Waals surface area contributed by atoms with Crippen molar-refractivity contribution < 1.29 is 19.1 Å². The molecule has 1 aliphatic rings. The van der Waals surface area contributed by atoms with Crippen LogP contribution in [0.1, 0.15) is 30.9 Å². The Bertz CT molecular complexity index is 1180. The fourth-order valence-corrected chi connectivity index (χ4v) is 3.97. The monoisotopic (exact) mass is 442 g/mol. The summed E-state index contributed by atoms with van der Waals surface area (Å²) < 4.78 is 10.7. The summed E-state index contributed by atoms with van der Waals surface area (Å²) in [5.74, 6) is -1.58. The first-order valence-electron chi connectivity index (χ1n) is 11.0. The minimum absolute atomic E-state index is 0.232. The number of benzene rings is 2. The maximum atomic E-state index is 13.1. The third-order valence-electron chi connectivity index (χ3n) is 5.41. The van der Waals surface area contributed by atoms with Crippen molar-refractivity contribution in [3.8, 4) is 0 Å². The Morgan fingerprint density at radius 3 is 2.12 bits per heavy atom. The zero-order chi connectivity index (χ0) is 23.2. The highest BCUT2D eigenvalue weighted by atomic mass is 16.5. The lowest BCUT2D eigenvalue weighted by molar-refractivity contribution is -0.139. The maximum absolute atomic E-state index is 13.1. The number of esters is 2. The van der Waals surface area contributed by atoms with Gasteiger partial charge in [-0.2, -0.15) is 0 Å². The molecular formula is C27H26N2O4. The third-order valence-corrected chi connectivity index (χ3v) is 5.41. The molecule has 0 unspecified atom stereocenters. The van der Waals surface area contributed by atoms with Gasteiger partial charge in [0.2, 0.25) is 0 Å². The Morgan fingerprint density at radius 2 is 1.48 bits per heavy atom. The number of nitrogens with zero attached hydrogens (tertiary/aromatic N) is 2. The molecule has 6 heteroatoms. The van der Waals surface area contributed by atoms with Crippen LogP contribution in [0.25, 0.3) is 10.9 Å². The van der Waals surface area contributed by atoms with Crippen molar-refractivity contribution in [1.82, 2.24) is 9.88 Å². The molecule has 0 fully saturated rings. The van der Waals surface area contributed by atoms with Crippen LogP contribution in [0.5, 0.6) is 0 Å². The van der Waals surface area contributed by atoms with Crippen LogP contribution in [0.3, 0.4) is 0 Å². The predicted octanol–water partition coefficient (Wildman–Crippen LogP) is 4.73. The molecule has 3 aromatic rings. The van der Waals surface area contributed by atoms with Crippen molar-refractivity contribution in [1.29, 1.82) is 0 Å². The summed E-state index contributed by atoms with van der Waals surface area (Å²) in [7, 11) is 0. The first-order chi connectivity index (χ1) is 16.1. The van der Waals surface area contributed by atoms with E-state index in [1.807, 2.05) is 65.6 Å². The quantitative estimate of drug-likeness (QED) is 0.493. The molecule has 0 aliphatic carbocycles. The molecule has 1 aliphatic heterocycles. The first kappa shape index (κ1) is 22.3. The molecule has 0 spiro atoms. The normalized spacial score (nSPS) is 13.9. The van der Waals surface area contributed by atoms with E-state index >= 15 is 0 Å². The second-order valence-corrected chi connectivity index (χ2v) is 7.66. The molecule has 2 aromatic carbocycles. The van der Waals surface area contributed by atoms with Crippen LogP contribution < -0.4 is 0 Å². The lowest BCUT2D eigenvalue weighted by Gasteiger charge is -2.30. The number of hydrogen-bond donors (Lipinski definition) is 0. The zero-order valence-electron chi connectivity index (χ0n) is 18.7. The molecule has 2 heterocycles. The SMILES string of the molecule is CCOC(=O)C1=CN(Cc2ccccc2)C=C(C(=O)OCC)C1c1cnc2ccccc2c1. The summed E-state index contributed by atoms with van der Waals surface area (Å²) in [6, 6.07) is 19.5. The van der Waals surface area contributed by atoms with Gasteiger partial charge >= 0.3 is 11.9 Å². The van der Waals surface area contributed by atoms with Crippen LogP contribution in [-0.4, -0.2) is 35.0 Å². The largest absolute Gasteiger partial charge is 0.463 e. The van der Waals surface area contributed by atoms with E-state index in [0.29, 0.717) is 17.7 Å². The van der Waals surface area contributed by atoms with Crippen molar-refractivity contribution in [3.05, 3.63) is 102 Å². The molecule has 0 saturated heterocycles.